The minimum atomic E-state index is -0.629. The maximum atomic E-state index is 11.2. The van der Waals surface area contributed by atoms with Gasteiger partial charge in [-0.2, -0.15) is 0 Å². The lowest BCUT2D eigenvalue weighted by Gasteiger charge is -2.18. The van der Waals surface area contributed by atoms with Crippen molar-refractivity contribution >= 4 is 5.97 Å². The number of rotatable bonds is 2. The van der Waals surface area contributed by atoms with Gasteiger partial charge in [0.25, 0.3) is 0 Å². The van der Waals surface area contributed by atoms with Crippen LogP contribution >= 0.6 is 0 Å². The second-order valence-electron chi connectivity index (χ2n) is 2.72. The van der Waals surface area contributed by atoms with Crippen molar-refractivity contribution in [1.82, 2.24) is 5.32 Å². The van der Waals surface area contributed by atoms with Crippen LogP contribution in [0.15, 0.2) is 0 Å². The molecule has 1 aliphatic rings. The van der Waals surface area contributed by atoms with Gasteiger partial charge in [0, 0.05) is 0 Å². The summed E-state index contributed by atoms with van der Waals surface area (Å²) in [5.74, 6) is -0.238. The van der Waals surface area contributed by atoms with E-state index in [1.165, 1.54) is 0 Å². The second-order valence-corrected chi connectivity index (χ2v) is 2.72. The molecule has 0 spiro atoms. The van der Waals surface area contributed by atoms with Gasteiger partial charge >= 0.3 is 5.97 Å². The van der Waals surface area contributed by atoms with Crippen molar-refractivity contribution in [3.05, 3.63) is 0 Å². The highest BCUT2D eigenvalue weighted by Crippen LogP contribution is 2.11. The molecule has 0 aromatic heterocycles. The largest absolute Gasteiger partial charge is 0.465 e. The molecule has 11 heavy (non-hydrogen) atoms. The molecule has 1 aliphatic heterocycles. The summed E-state index contributed by atoms with van der Waals surface area (Å²) in [5.41, 5.74) is -0.629. The Kier molecular flexibility index (Phi) is 2.46. The van der Waals surface area contributed by atoms with E-state index in [-0.39, 0.29) is 5.97 Å². The number of hydrogen-bond donors (Lipinski definition) is 1. The molecule has 4 heteroatoms. The third kappa shape index (κ3) is 1.70. The van der Waals surface area contributed by atoms with E-state index in [0.29, 0.717) is 19.9 Å². The average molecular weight is 159 g/mol. The Bertz CT molecular complexity index is 152. The molecule has 64 valence electrons. The van der Waals surface area contributed by atoms with Crippen LogP contribution in [0.1, 0.15) is 13.8 Å². The first-order valence-corrected chi connectivity index (χ1v) is 3.69. The molecular weight excluding hydrogens is 146 g/mol. The van der Waals surface area contributed by atoms with Crippen LogP contribution < -0.4 is 5.32 Å². The summed E-state index contributed by atoms with van der Waals surface area (Å²) in [4.78, 5) is 11.2. The molecule has 4 nitrogen and oxygen atoms in total. The third-order valence-electron chi connectivity index (χ3n) is 1.68. The van der Waals surface area contributed by atoms with E-state index in [4.69, 9.17) is 9.47 Å². The fourth-order valence-corrected chi connectivity index (χ4v) is 0.938. The van der Waals surface area contributed by atoms with Gasteiger partial charge in [-0.15, -0.1) is 0 Å². The Morgan fingerprint density at radius 2 is 2.55 bits per heavy atom. The number of hydrogen-bond acceptors (Lipinski definition) is 4. The lowest BCUT2D eigenvalue weighted by Crippen LogP contribution is -2.48. The van der Waals surface area contributed by atoms with Crippen molar-refractivity contribution in [2.45, 2.75) is 19.4 Å². The first-order chi connectivity index (χ1) is 5.19. The van der Waals surface area contributed by atoms with Crippen molar-refractivity contribution in [3.8, 4) is 0 Å². The summed E-state index contributed by atoms with van der Waals surface area (Å²) in [5, 5.41) is 2.92. The number of carbonyl (C=O) groups excluding carboxylic acids is 1. The molecule has 1 atom stereocenters. The van der Waals surface area contributed by atoms with Gasteiger partial charge in [0.15, 0.2) is 0 Å². The quantitative estimate of drug-likeness (QED) is 0.571. The molecule has 1 N–H and O–H groups in total. The summed E-state index contributed by atoms with van der Waals surface area (Å²) in [6, 6.07) is 0. The standard InChI is InChI=1S/C7H13NO3/c1-3-11-6(9)7(2)4-10-5-8-7/h8H,3-5H2,1-2H3. The smallest absolute Gasteiger partial charge is 0.328 e. The topological polar surface area (TPSA) is 47.6 Å². The molecule has 1 unspecified atom stereocenters. The predicted molar refractivity (Wildman–Crippen MR) is 39.0 cm³/mol. The lowest BCUT2D eigenvalue weighted by molar-refractivity contribution is -0.149. The summed E-state index contributed by atoms with van der Waals surface area (Å²) in [6.45, 7) is 4.80. The van der Waals surface area contributed by atoms with Crippen molar-refractivity contribution < 1.29 is 14.3 Å². The van der Waals surface area contributed by atoms with Gasteiger partial charge < -0.3 is 9.47 Å². The molecule has 0 aromatic rings. The van der Waals surface area contributed by atoms with E-state index in [9.17, 15) is 4.79 Å². The minimum Gasteiger partial charge on any atom is -0.465 e. The molecule has 0 saturated carbocycles. The van der Waals surface area contributed by atoms with E-state index in [0.717, 1.165) is 0 Å². The zero-order valence-electron chi connectivity index (χ0n) is 6.85. The van der Waals surface area contributed by atoms with E-state index in [1.54, 1.807) is 13.8 Å². The van der Waals surface area contributed by atoms with Crippen molar-refractivity contribution in [3.63, 3.8) is 0 Å². The monoisotopic (exact) mass is 159 g/mol. The zero-order valence-corrected chi connectivity index (χ0v) is 6.85. The molecule has 0 amide bonds. The Morgan fingerprint density at radius 3 is 3.00 bits per heavy atom. The average Bonchev–Trinajstić information content (AvgIpc) is 2.38. The molecular formula is C7H13NO3. The van der Waals surface area contributed by atoms with Gasteiger partial charge in [0.05, 0.1) is 19.9 Å². The predicted octanol–water partition coefficient (Wildman–Crippen LogP) is -0.114. The minimum absolute atomic E-state index is 0.238. The number of esters is 1. The second kappa shape index (κ2) is 3.19. The van der Waals surface area contributed by atoms with Crippen LogP contribution in [-0.4, -0.2) is 31.5 Å². The Labute approximate surface area is 65.9 Å². The van der Waals surface area contributed by atoms with Crippen molar-refractivity contribution in [2.75, 3.05) is 19.9 Å². The molecule has 0 radical (unpaired) electrons. The van der Waals surface area contributed by atoms with Crippen LogP contribution in [0, 0.1) is 0 Å². The molecule has 1 fully saturated rings. The van der Waals surface area contributed by atoms with Crippen LogP contribution in [0.5, 0.6) is 0 Å². The highest BCUT2D eigenvalue weighted by Gasteiger charge is 2.38. The van der Waals surface area contributed by atoms with Gasteiger partial charge in [-0.05, 0) is 13.8 Å². The molecule has 0 bridgehead atoms. The molecule has 0 aromatic carbocycles. The lowest BCUT2D eigenvalue weighted by atomic mass is 10.1. The number of carbonyl (C=O) groups is 1. The number of ether oxygens (including phenoxy) is 2. The highest BCUT2D eigenvalue weighted by molar-refractivity contribution is 5.80. The maximum absolute atomic E-state index is 11.2. The summed E-state index contributed by atoms with van der Waals surface area (Å²) < 4.78 is 9.86. The fraction of sp³-hybridized carbons (Fsp3) is 0.857. The van der Waals surface area contributed by atoms with Gasteiger partial charge in [0.1, 0.15) is 5.54 Å². The van der Waals surface area contributed by atoms with Crippen LogP contribution in [0.3, 0.4) is 0 Å². The normalized spacial score (nSPS) is 30.4. The molecule has 1 saturated heterocycles. The SMILES string of the molecule is CCOC(=O)C1(C)COCN1. The first-order valence-electron chi connectivity index (χ1n) is 3.69. The van der Waals surface area contributed by atoms with Gasteiger partial charge in [-0.3, -0.25) is 5.32 Å². The zero-order chi connectivity index (χ0) is 8.32. The van der Waals surface area contributed by atoms with Crippen molar-refractivity contribution in [1.29, 1.82) is 0 Å². The maximum Gasteiger partial charge on any atom is 0.328 e. The van der Waals surface area contributed by atoms with Gasteiger partial charge in [-0.1, -0.05) is 0 Å². The van der Waals surface area contributed by atoms with Gasteiger partial charge in [0.2, 0.25) is 0 Å². The van der Waals surface area contributed by atoms with Crippen LogP contribution in [-0.2, 0) is 14.3 Å². The summed E-state index contributed by atoms with van der Waals surface area (Å²) in [6.07, 6.45) is 0. The Morgan fingerprint density at radius 1 is 1.82 bits per heavy atom. The van der Waals surface area contributed by atoms with Gasteiger partial charge in [-0.25, -0.2) is 4.79 Å². The summed E-state index contributed by atoms with van der Waals surface area (Å²) >= 11 is 0. The van der Waals surface area contributed by atoms with E-state index in [1.807, 2.05) is 0 Å². The highest BCUT2D eigenvalue weighted by atomic mass is 16.5. The fourth-order valence-electron chi connectivity index (χ4n) is 0.938. The number of nitrogens with one attached hydrogen (secondary N) is 1. The van der Waals surface area contributed by atoms with Crippen LogP contribution in [0.2, 0.25) is 0 Å². The summed E-state index contributed by atoms with van der Waals surface area (Å²) in [7, 11) is 0. The van der Waals surface area contributed by atoms with E-state index in [2.05, 4.69) is 5.32 Å². The molecule has 1 heterocycles. The Hall–Kier alpha value is -0.610. The van der Waals surface area contributed by atoms with Crippen LogP contribution in [0.4, 0.5) is 0 Å². The molecule has 0 aliphatic carbocycles. The van der Waals surface area contributed by atoms with Crippen molar-refractivity contribution in [2.24, 2.45) is 0 Å². The van der Waals surface area contributed by atoms with Crippen LogP contribution in [0.25, 0.3) is 0 Å². The first kappa shape index (κ1) is 8.49. The third-order valence-corrected chi connectivity index (χ3v) is 1.68. The molecule has 1 rings (SSSR count). The van der Waals surface area contributed by atoms with E-state index >= 15 is 0 Å². The Balaban J connectivity index is 2.49. The van der Waals surface area contributed by atoms with E-state index < -0.39 is 5.54 Å².